The number of aromatic amines is 1. The van der Waals surface area contributed by atoms with E-state index in [2.05, 4.69) is 29.9 Å². The Hall–Kier alpha value is -4.02. The number of phosphoric acid groups is 1. The summed E-state index contributed by atoms with van der Waals surface area (Å²) in [6, 6.07) is 0. The van der Waals surface area contributed by atoms with Crippen LogP contribution in [0.1, 0.15) is 12.5 Å². The van der Waals surface area contributed by atoms with Gasteiger partial charge in [0, 0.05) is 0 Å². The fourth-order valence-electron chi connectivity index (χ4n) is 5.25. The summed E-state index contributed by atoms with van der Waals surface area (Å²) in [5.41, 5.74) is 11.1. The van der Waals surface area contributed by atoms with E-state index in [1.807, 2.05) is 0 Å². The number of anilines is 2. The average Bonchev–Trinajstić information content (AvgIpc) is 3.76. The molecule has 1 saturated heterocycles. The maximum atomic E-state index is 14.2. The van der Waals surface area contributed by atoms with Crippen molar-refractivity contribution in [3.05, 3.63) is 40.9 Å². The Bertz CT molecular complexity index is 2070. The van der Waals surface area contributed by atoms with Gasteiger partial charge in [-0.3, -0.25) is 37.0 Å². The molecule has 3 aliphatic rings. The van der Waals surface area contributed by atoms with E-state index in [1.54, 1.807) is 0 Å². The fraction of sp³-hybridized carbons (Fsp3) is 0.455. The number of imidazole rings is 2. The predicted octanol–water partition coefficient (Wildman–Crippen LogP) is -0.732. The van der Waals surface area contributed by atoms with Crippen LogP contribution in [0.4, 0.5) is 11.8 Å². The molecule has 2 bridgehead atoms. The Morgan fingerprint density at radius 3 is 2.49 bits per heavy atom. The van der Waals surface area contributed by atoms with Crippen LogP contribution in [0.25, 0.3) is 22.3 Å². The monoisotopic (exact) mass is 699 g/mol. The summed E-state index contributed by atoms with van der Waals surface area (Å²) in [6.45, 7) is -1.51. The minimum atomic E-state index is -5.07. The van der Waals surface area contributed by atoms with Crippen LogP contribution in [0.15, 0.2) is 35.3 Å². The van der Waals surface area contributed by atoms with E-state index in [0.717, 1.165) is 11.0 Å². The van der Waals surface area contributed by atoms with E-state index in [1.165, 1.54) is 35.9 Å². The summed E-state index contributed by atoms with van der Waals surface area (Å²) in [5.74, 6) is -1.32. The summed E-state index contributed by atoms with van der Waals surface area (Å²) in [5, 5.41) is 22.4. The van der Waals surface area contributed by atoms with Gasteiger partial charge in [0.1, 0.15) is 43.1 Å². The number of ether oxygens (including phenoxy) is 2. The van der Waals surface area contributed by atoms with Crippen molar-refractivity contribution in [3.8, 4) is 0 Å². The Labute approximate surface area is 261 Å². The van der Waals surface area contributed by atoms with E-state index in [9.17, 15) is 29.0 Å². The SMILES string of the molecule is CN(C)P1(=O)OC[C@H]2O[C@@H](n3cnc4c(N)ncnc43)C(O)C2OP(=O)(O)OCC2=C(O)C(O1)[C@H](n1cnc3c(=O)[nH]c(N)nc31)O2. The van der Waals surface area contributed by atoms with Gasteiger partial charge in [-0.05, 0) is 14.1 Å². The number of H-pyrrole nitrogens is 1. The van der Waals surface area contributed by atoms with E-state index < -0.39 is 82.7 Å². The molecule has 1 fully saturated rings. The summed E-state index contributed by atoms with van der Waals surface area (Å²) < 4.78 is 65.0. The third-order valence-electron chi connectivity index (χ3n) is 7.52. The number of phosphoric ester groups is 1. The first-order valence-corrected chi connectivity index (χ1v) is 16.6. The molecule has 0 spiro atoms. The number of aliphatic hydroxyl groups excluding tert-OH is 2. The molecule has 7 rings (SSSR count). The van der Waals surface area contributed by atoms with Crippen molar-refractivity contribution in [1.29, 1.82) is 0 Å². The largest absolute Gasteiger partial charge is 0.506 e. The van der Waals surface area contributed by atoms with Gasteiger partial charge in [-0.25, -0.2) is 33.7 Å². The highest BCUT2D eigenvalue weighted by atomic mass is 31.2. The predicted molar refractivity (Wildman–Crippen MR) is 155 cm³/mol. The zero-order valence-electron chi connectivity index (χ0n) is 24.3. The number of rotatable bonds is 3. The highest BCUT2D eigenvalue weighted by Crippen LogP contribution is 2.57. The molecule has 4 aromatic heterocycles. The molecule has 4 aromatic rings. The first-order chi connectivity index (χ1) is 22.3. The van der Waals surface area contributed by atoms with Gasteiger partial charge < -0.3 is 36.0 Å². The third-order valence-corrected chi connectivity index (χ3v) is 10.4. The molecule has 0 aromatic carbocycles. The molecular formula is C22H27N11O12P2. The molecular weight excluding hydrogens is 672 g/mol. The molecule has 0 aliphatic carbocycles. The number of nitrogens with two attached hydrogens (primary N) is 2. The van der Waals surface area contributed by atoms with Gasteiger partial charge in [0.25, 0.3) is 5.56 Å². The average molecular weight is 699 g/mol. The van der Waals surface area contributed by atoms with Crippen molar-refractivity contribution in [2.75, 3.05) is 38.8 Å². The van der Waals surface area contributed by atoms with E-state index in [0.29, 0.717) is 0 Å². The Morgan fingerprint density at radius 1 is 1.02 bits per heavy atom. The lowest BCUT2D eigenvalue weighted by Gasteiger charge is -2.30. The zero-order chi connectivity index (χ0) is 33.4. The summed E-state index contributed by atoms with van der Waals surface area (Å²) in [7, 11) is -6.74. The number of fused-ring (bicyclic) bond motifs is 4. The second-order valence-electron chi connectivity index (χ2n) is 10.7. The van der Waals surface area contributed by atoms with E-state index >= 15 is 0 Å². The third kappa shape index (κ3) is 5.35. The highest BCUT2D eigenvalue weighted by Gasteiger charge is 2.52. The van der Waals surface area contributed by atoms with Crippen LogP contribution in [-0.2, 0) is 36.7 Å². The molecule has 0 saturated carbocycles. The molecule has 8 atom stereocenters. The second kappa shape index (κ2) is 11.3. The van der Waals surface area contributed by atoms with Crippen molar-refractivity contribution < 1.29 is 51.8 Å². The van der Waals surface area contributed by atoms with Gasteiger partial charge in [-0.2, -0.15) is 4.98 Å². The van der Waals surface area contributed by atoms with Crippen molar-refractivity contribution in [2.45, 2.75) is 36.9 Å². The van der Waals surface area contributed by atoms with E-state index in [-0.39, 0.29) is 34.1 Å². The Balaban J connectivity index is 1.25. The lowest BCUT2D eigenvalue weighted by Crippen LogP contribution is -2.36. The van der Waals surface area contributed by atoms with Gasteiger partial charge >= 0.3 is 15.6 Å². The number of nitrogens with zero attached hydrogens (tertiary/aromatic N) is 8. The molecule has 23 nitrogen and oxygen atoms in total. The fourth-order valence-corrected chi connectivity index (χ4v) is 7.47. The number of nitrogens with one attached hydrogen (secondary N) is 1. The number of aliphatic hydroxyl groups is 2. The molecule has 25 heteroatoms. The normalized spacial score (nSPS) is 33.5. The van der Waals surface area contributed by atoms with Crippen molar-refractivity contribution >= 4 is 49.7 Å². The number of nitrogen functional groups attached to an aromatic ring is 2. The first-order valence-electron chi connectivity index (χ1n) is 13.6. The zero-order valence-corrected chi connectivity index (χ0v) is 26.0. The van der Waals surface area contributed by atoms with Crippen LogP contribution in [0.5, 0.6) is 0 Å². The maximum absolute atomic E-state index is 14.2. The Kier molecular flexibility index (Phi) is 7.59. The van der Waals surface area contributed by atoms with Crippen LogP contribution in [0.2, 0.25) is 0 Å². The van der Waals surface area contributed by atoms with Gasteiger partial charge in [0.05, 0.1) is 12.9 Å². The summed E-state index contributed by atoms with van der Waals surface area (Å²) in [6.07, 6.45) is -5.43. The van der Waals surface area contributed by atoms with Crippen LogP contribution in [-0.4, -0.2) is 111 Å². The Morgan fingerprint density at radius 2 is 1.74 bits per heavy atom. The van der Waals surface area contributed by atoms with E-state index in [4.69, 9.17) is 39.0 Å². The molecule has 252 valence electrons. The van der Waals surface area contributed by atoms with Crippen molar-refractivity contribution in [2.24, 2.45) is 0 Å². The topological polar surface area (TPSA) is 313 Å². The maximum Gasteiger partial charge on any atom is 0.473 e. The number of aromatic nitrogens is 8. The van der Waals surface area contributed by atoms with Gasteiger partial charge in [-0.1, -0.05) is 0 Å². The second-order valence-corrected chi connectivity index (χ2v) is 14.3. The van der Waals surface area contributed by atoms with Crippen LogP contribution >= 0.6 is 15.6 Å². The first kappa shape index (κ1) is 31.6. The molecule has 0 radical (unpaired) electrons. The van der Waals surface area contributed by atoms with Crippen LogP contribution in [0, 0.1) is 0 Å². The van der Waals surface area contributed by atoms with Gasteiger partial charge in [0.2, 0.25) is 12.2 Å². The molecule has 47 heavy (non-hydrogen) atoms. The quantitative estimate of drug-likeness (QED) is 0.144. The van der Waals surface area contributed by atoms with Crippen molar-refractivity contribution in [1.82, 2.24) is 43.7 Å². The molecule has 7 heterocycles. The van der Waals surface area contributed by atoms with Crippen LogP contribution in [0.3, 0.4) is 0 Å². The summed E-state index contributed by atoms with van der Waals surface area (Å²) >= 11 is 0. The molecule has 0 amide bonds. The molecule has 3 aliphatic heterocycles. The number of hydrogen-bond donors (Lipinski definition) is 6. The highest BCUT2D eigenvalue weighted by molar-refractivity contribution is 7.51. The molecule has 5 unspecified atom stereocenters. The lowest BCUT2D eigenvalue weighted by molar-refractivity contribution is -0.0561. The molecule has 8 N–H and O–H groups in total. The minimum absolute atomic E-state index is 0.0585. The van der Waals surface area contributed by atoms with Crippen LogP contribution < -0.4 is 17.0 Å². The smallest absolute Gasteiger partial charge is 0.473 e. The van der Waals surface area contributed by atoms with Gasteiger partial charge in [0.15, 0.2) is 46.5 Å². The summed E-state index contributed by atoms with van der Waals surface area (Å²) in [4.78, 5) is 45.6. The van der Waals surface area contributed by atoms with Crippen molar-refractivity contribution in [3.63, 3.8) is 0 Å². The minimum Gasteiger partial charge on any atom is -0.506 e. The number of hydrogen-bond acceptors (Lipinski definition) is 18. The lowest BCUT2D eigenvalue weighted by atomic mass is 10.1. The standard InChI is InChI=1S/C22H27N11O12P2/c1-31(2)46(37)40-4-9-14(13(35)20(43-9)32-6-27-10-16(23)25-5-26-17(10)32)45-47(38,39)41-3-8-12(34)15(44-46)21(42-8)33-7-28-11-18(33)29-22(24)30-19(11)36/h5-7,9,13-15,20-21,34-35H,3-4H2,1-2H3,(H,38,39)(H2,23,25,26)(H3,24,29,30,36)/t9-,13?,14?,15?,20-,21-,46?/m1/s1. The van der Waals surface area contributed by atoms with Gasteiger partial charge in [-0.15, -0.1) is 0 Å².